The van der Waals surface area contributed by atoms with Gasteiger partial charge in [0.05, 0.1) is 6.54 Å². The molecule has 0 radical (unpaired) electrons. The van der Waals surface area contributed by atoms with Gasteiger partial charge in [0, 0.05) is 35.6 Å². The summed E-state index contributed by atoms with van der Waals surface area (Å²) in [5.41, 5.74) is 1.91. The smallest absolute Gasteiger partial charge is 0.422 e. The molecular formula is C19H19F3N4O4. The first-order valence-electron chi connectivity index (χ1n) is 8.96. The van der Waals surface area contributed by atoms with E-state index in [1.165, 1.54) is 30.3 Å². The van der Waals surface area contributed by atoms with Gasteiger partial charge in [-0.2, -0.15) is 13.2 Å². The Hall–Kier alpha value is -3.21. The summed E-state index contributed by atoms with van der Waals surface area (Å²) in [6.45, 7) is 1.77. The van der Waals surface area contributed by atoms with Crippen LogP contribution in [-0.4, -0.2) is 50.7 Å². The Kier molecular flexibility index (Phi) is 5.92. The highest BCUT2D eigenvalue weighted by molar-refractivity contribution is 6.01. The quantitative estimate of drug-likeness (QED) is 0.737. The van der Waals surface area contributed by atoms with Crippen molar-refractivity contribution in [2.45, 2.75) is 39.2 Å². The van der Waals surface area contributed by atoms with E-state index in [2.05, 4.69) is 20.0 Å². The van der Waals surface area contributed by atoms with Gasteiger partial charge in [0.25, 0.3) is 11.8 Å². The number of pyridine rings is 2. The third kappa shape index (κ3) is 4.85. The third-order valence-electron chi connectivity index (χ3n) is 4.38. The number of nitrogens with zero attached hydrogens (tertiary/aromatic N) is 3. The van der Waals surface area contributed by atoms with Crippen LogP contribution in [0.15, 0.2) is 24.5 Å². The molecule has 1 aliphatic heterocycles. The molecule has 3 rings (SSSR count). The monoisotopic (exact) mass is 424 g/mol. The molecule has 1 aliphatic rings. The summed E-state index contributed by atoms with van der Waals surface area (Å²) >= 11 is 0. The molecule has 0 saturated carbocycles. The Morgan fingerprint density at radius 3 is 2.77 bits per heavy atom. The van der Waals surface area contributed by atoms with E-state index >= 15 is 0 Å². The van der Waals surface area contributed by atoms with E-state index in [1.807, 2.05) is 0 Å². The predicted molar refractivity (Wildman–Crippen MR) is 98.6 cm³/mol. The molecule has 2 N–H and O–H groups in total. The van der Waals surface area contributed by atoms with Crippen LogP contribution in [-0.2, 0) is 17.9 Å². The van der Waals surface area contributed by atoms with Crippen LogP contribution in [0.3, 0.4) is 0 Å². The van der Waals surface area contributed by atoms with Gasteiger partial charge in [-0.1, -0.05) is 0 Å². The molecule has 0 bridgehead atoms. The SMILES string of the molecule is Cc1cc(CN2Cc3c(ccnc3NC(=O)C(C)O)C2=O)cnc1OCC(F)(F)F. The van der Waals surface area contributed by atoms with Gasteiger partial charge in [-0.3, -0.25) is 9.59 Å². The Labute approximate surface area is 169 Å². The number of aliphatic hydroxyl groups is 1. The zero-order chi connectivity index (χ0) is 22.1. The number of aromatic nitrogens is 2. The molecule has 0 saturated heterocycles. The zero-order valence-electron chi connectivity index (χ0n) is 16.2. The first kappa shape index (κ1) is 21.5. The van der Waals surface area contributed by atoms with Crippen molar-refractivity contribution >= 4 is 17.6 Å². The zero-order valence-corrected chi connectivity index (χ0v) is 16.2. The fourth-order valence-corrected chi connectivity index (χ4v) is 2.97. The van der Waals surface area contributed by atoms with Crippen LogP contribution in [0.2, 0.25) is 0 Å². The summed E-state index contributed by atoms with van der Waals surface area (Å²) in [6.07, 6.45) is -2.96. The van der Waals surface area contributed by atoms with E-state index in [1.54, 1.807) is 13.0 Å². The molecule has 8 nitrogen and oxygen atoms in total. The molecule has 0 aliphatic carbocycles. The van der Waals surface area contributed by atoms with Crippen molar-refractivity contribution in [3.8, 4) is 5.88 Å². The molecule has 1 atom stereocenters. The van der Waals surface area contributed by atoms with Crippen molar-refractivity contribution in [2.24, 2.45) is 0 Å². The highest BCUT2D eigenvalue weighted by Crippen LogP contribution is 2.29. The summed E-state index contributed by atoms with van der Waals surface area (Å²) in [5, 5.41) is 11.9. The molecule has 2 aromatic heterocycles. The van der Waals surface area contributed by atoms with Crippen LogP contribution in [0.5, 0.6) is 5.88 Å². The van der Waals surface area contributed by atoms with Crippen LogP contribution in [0, 0.1) is 6.92 Å². The number of carbonyl (C=O) groups is 2. The predicted octanol–water partition coefficient (Wildman–Crippen LogP) is 2.20. The molecule has 30 heavy (non-hydrogen) atoms. The number of amides is 2. The lowest BCUT2D eigenvalue weighted by molar-refractivity contribution is -0.154. The van der Waals surface area contributed by atoms with E-state index in [9.17, 15) is 27.9 Å². The van der Waals surface area contributed by atoms with Crippen LogP contribution < -0.4 is 10.1 Å². The number of hydrogen-bond acceptors (Lipinski definition) is 6. The maximum atomic E-state index is 12.7. The first-order valence-corrected chi connectivity index (χ1v) is 8.96. The number of hydrogen-bond donors (Lipinski definition) is 2. The number of anilines is 1. The van der Waals surface area contributed by atoms with E-state index in [4.69, 9.17) is 0 Å². The number of nitrogens with one attached hydrogen (secondary N) is 1. The fourth-order valence-electron chi connectivity index (χ4n) is 2.97. The van der Waals surface area contributed by atoms with Crippen molar-refractivity contribution in [1.82, 2.24) is 14.9 Å². The second-order valence-electron chi connectivity index (χ2n) is 6.88. The number of carbonyl (C=O) groups excluding carboxylic acids is 2. The largest absolute Gasteiger partial charge is 0.468 e. The minimum atomic E-state index is -4.46. The highest BCUT2D eigenvalue weighted by atomic mass is 19.4. The minimum absolute atomic E-state index is 0.126. The average Bonchev–Trinajstić information content (AvgIpc) is 2.97. The van der Waals surface area contributed by atoms with E-state index < -0.39 is 24.8 Å². The molecule has 0 spiro atoms. The molecule has 2 amide bonds. The lowest BCUT2D eigenvalue weighted by atomic mass is 10.1. The summed E-state index contributed by atoms with van der Waals surface area (Å²) in [7, 11) is 0. The van der Waals surface area contributed by atoms with Crippen LogP contribution in [0.1, 0.15) is 34.0 Å². The molecule has 11 heteroatoms. The first-order chi connectivity index (χ1) is 14.0. The standard InChI is InChI=1S/C19H19F3N4O4/c1-10-5-12(6-24-17(10)30-9-19(20,21)22)7-26-8-14-13(18(26)29)3-4-23-15(14)25-16(28)11(2)27/h3-6,11,27H,7-9H2,1-2H3,(H,23,25,28). The number of halogens is 3. The Balaban J connectivity index is 1.73. The van der Waals surface area contributed by atoms with Crippen molar-refractivity contribution in [1.29, 1.82) is 0 Å². The average molecular weight is 424 g/mol. The number of rotatable bonds is 6. The summed E-state index contributed by atoms with van der Waals surface area (Å²) in [4.78, 5) is 33.9. The van der Waals surface area contributed by atoms with Gasteiger partial charge in [0.1, 0.15) is 11.9 Å². The number of alkyl halides is 3. The van der Waals surface area contributed by atoms with Crippen LogP contribution in [0.4, 0.5) is 19.0 Å². The maximum Gasteiger partial charge on any atom is 0.422 e. The van der Waals surface area contributed by atoms with E-state index in [0.717, 1.165) is 0 Å². The molecular weight excluding hydrogens is 405 g/mol. The Bertz CT molecular complexity index is 979. The van der Waals surface area contributed by atoms with Gasteiger partial charge in [-0.15, -0.1) is 0 Å². The second kappa shape index (κ2) is 8.27. The lowest BCUT2D eigenvalue weighted by Gasteiger charge is -2.17. The summed E-state index contributed by atoms with van der Waals surface area (Å²) in [6, 6.07) is 3.14. The number of ether oxygens (including phenoxy) is 1. The number of aryl methyl sites for hydroxylation is 1. The van der Waals surface area contributed by atoms with Crippen LogP contribution >= 0.6 is 0 Å². The van der Waals surface area contributed by atoms with Gasteiger partial charge < -0.3 is 20.1 Å². The van der Waals surface area contributed by atoms with Crippen molar-refractivity contribution < 1.29 is 32.6 Å². The fraction of sp³-hybridized carbons (Fsp3) is 0.368. The molecule has 3 heterocycles. The van der Waals surface area contributed by atoms with Gasteiger partial charge in [0.15, 0.2) is 6.61 Å². The van der Waals surface area contributed by atoms with Crippen molar-refractivity contribution in [3.63, 3.8) is 0 Å². The van der Waals surface area contributed by atoms with E-state index in [-0.39, 0.29) is 30.7 Å². The van der Waals surface area contributed by atoms with Crippen LogP contribution in [0.25, 0.3) is 0 Å². The molecule has 160 valence electrons. The van der Waals surface area contributed by atoms with E-state index in [0.29, 0.717) is 22.3 Å². The summed E-state index contributed by atoms with van der Waals surface area (Å²) < 4.78 is 41.6. The van der Waals surface area contributed by atoms with Crippen molar-refractivity contribution in [2.75, 3.05) is 11.9 Å². The highest BCUT2D eigenvalue weighted by Gasteiger charge is 2.31. The second-order valence-corrected chi connectivity index (χ2v) is 6.88. The normalized spacial score (nSPS) is 14.5. The van der Waals surface area contributed by atoms with Crippen molar-refractivity contribution in [3.05, 3.63) is 46.8 Å². The maximum absolute atomic E-state index is 12.7. The Morgan fingerprint density at radius 1 is 1.40 bits per heavy atom. The molecule has 2 aromatic rings. The van der Waals surface area contributed by atoms with Gasteiger partial charge >= 0.3 is 6.18 Å². The molecule has 0 fully saturated rings. The number of aliphatic hydroxyl groups excluding tert-OH is 1. The van der Waals surface area contributed by atoms with Gasteiger partial charge in [-0.25, -0.2) is 9.97 Å². The summed E-state index contributed by atoms with van der Waals surface area (Å²) in [5.74, 6) is -0.857. The molecule has 0 aromatic carbocycles. The molecule has 1 unspecified atom stereocenters. The topological polar surface area (TPSA) is 105 Å². The number of fused-ring (bicyclic) bond motifs is 1. The Morgan fingerprint density at radius 2 is 2.13 bits per heavy atom. The third-order valence-corrected chi connectivity index (χ3v) is 4.38. The van der Waals surface area contributed by atoms with Gasteiger partial charge in [0.2, 0.25) is 5.88 Å². The minimum Gasteiger partial charge on any atom is -0.468 e. The lowest BCUT2D eigenvalue weighted by Crippen LogP contribution is -2.26. The van der Waals surface area contributed by atoms with Gasteiger partial charge in [-0.05, 0) is 31.5 Å².